The van der Waals surface area contributed by atoms with Crippen molar-refractivity contribution < 1.29 is 9.90 Å². The summed E-state index contributed by atoms with van der Waals surface area (Å²) < 4.78 is 1.63. The minimum Gasteiger partial charge on any atom is -0.390 e. The first kappa shape index (κ1) is 11.3. The zero-order valence-electron chi connectivity index (χ0n) is 9.21. The molecular formula is C12H13N3O2. The lowest BCUT2D eigenvalue weighted by Crippen LogP contribution is -2.17. The van der Waals surface area contributed by atoms with Crippen molar-refractivity contribution in [2.75, 3.05) is 5.32 Å². The number of carbonyl (C=O) groups excluding carboxylic acids is 1. The van der Waals surface area contributed by atoms with Crippen LogP contribution < -0.4 is 5.32 Å². The number of benzene rings is 1. The second kappa shape index (κ2) is 5.27. The van der Waals surface area contributed by atoms with E-state index in [0.717, 1.165) is 5.69 Å². The summed E-state index contributed by atoms with van der Waals surface area (Å²) in [5, 5.41) is 11.6. The molecule has 5 heteroatoms. The molecule has 0 atom stereocenters. The molecule has 2 N–H and O–H groups in total. The van der Waals surface area contributed by atoms with Crippen molar-refractivity contribution in [3.8, 4) is 0 Å². The van der Waals surface area contributed by atoms with Gasteiger partial charge in [0.2, 0.25) is 5.91 Å². The highest BCUT2D eigenvalue weighted by Crippen LogP contribution is 2.05. The van der Waals surface area contributed by atoms with E-state index in [1.54, 1.807) is 10.8 Å². The van der Waals surface area contributed by atoms with Gasteiger partial charge in [0.25, 0.3) is 0 Å². The fourth-order valence-electron chi connectivity index (χ4n) is 1.46. The van der Waals surface area contributed by atoms with Crippen molar-refractivity contribution in [3.05, 3.63) is 48.5 Å². The van der Waals surface area contributed by atoms with Crippen LogP contribution in [-0.2, 0) is 17.9 Å². The molecule has 0 radical (unpaired) electrons. The number of rotatable bonds is 4. The molecule has 0 saturated heterocycles. The summed E-state index contributed by atoms with van der Waals surface area (Å²) in [4.78, 5) is 15.6. The number of carbonyl (C=O) groups is 1. The Kier molecular flexibility index (Phi) is 3.52. The lowest BCUT2D eigenvalue weighted by atomic mass is 10.3. The summed E-state index contributed by atoms with van der Waals surface area (Å²) in [5.74, 6) is -0.127. The number of para-hydroxylation sites is 1. The summed E-state index contributed by atoms with van der Waals surface area (Å²) in [6.07, 6.45) is 3.17. The van der Waals surface area contributed by atoms with Crippen LogP contribution in [0.25, 0.3) is 0 Å². The van der Waals surface area contributed by atoms with Gasteiger partial charge in [-0.1, -0.05) is 18.2 Å². The molecule has 0 saturated carbocycles. The Bertz CT molecular complexity index is 493. The summed E-state index contributed by atoms with van der Waals surface area (Å²) in [6, 6.07) is 9.25. The van der Waals surface area contributed by atoms with Crippen molar-refractivity contribution in [2.24, 2.45) is 0 Å². The fourth-order valence-corrected chi connectivity index (χ4v) is 1.46. The van der Waals surface area contributed by atoms with Crippen molar-refractivity contribution in [1.29, 1.82) is 0 Å². The van der Waals surface area contributed by atoms with Crippen LogP contribution in [0.1, 0.15) is 5.69 Å². The van der Waals surface area contributed by atoms with Crippen LogP contribution in [0.2, 0.25) is 0 Å². The Morgan fingerprint density at radius 2 is 2.12 bits per heavy atom. The van der Waals surface area contributed by atoms with E-state index in [2.05, 4.69) is 10.3 Å². The molecule has 1 aromatic heterocycles. The number of imidazole rings is 1. The molecule has 0 unspecified atom stereocenters. The third-order valence-corrected chi connectivity index (χ3v) is 2.23. The van der Waals surface area contributed by atoms with Crippen molar-refractivity contribution in [2.45, 2.75) is 13.2 Å². The van der Waals surface area contributed by atoms with E-state index in [1.807, 2.05) is 30.3 Å². The van der Waals surface area contributed by atoms with Gasteiger partial charge in [-0.3, -0.25) is 4.79 Å². The van der Waals surface area contributed by atoms with Gasteiger partial charge in [0.05, 0.1) is 18.6 Å². The Morgan fingerprint density at radius 3 is 2.76 bits per heavy atom. The molecule has 0 bridgehead atoms. The first-order valence-electron chi connectivity index (χ1n) is 5.24. The number of amides is 1. The number of nitrogens with one attached hydrogen (secondary N) is 1. The van der Waals surface area contributed by atoms with Gasteiger partial charge < -0.3 is 15.0 Å². The second-order valence-corrected chi connectivity index (χ2v) is 3.61. The highest BCUT2D eigenvalue weighted by atomic mass is 16.3. The lowest BCUT2D eigenvalue weighted by molar-refractivity contribution is -0.116. The van der Waals surface area contributed by atoms with Gasteiger partial charge in [-0.2, -0.15) is 0 Å². The van der Waals surface area contributed by atoms with E-state index in [4.69, 9.17) is 5.11 Å². The summed E-state index contributed by atoms with van der Waals surface area (Å²) in [6.45, 7) is 0.0647. The van der Waals surface area contributed by atoms with Crippen molar-refractivity contribution in [1.82, 2.24) is 9.55 Å². The molecule has 17 heavy (non-hydrogen) atoms. The molecule has 1 amide bonds. The van der Waals surface area contributed by atoms with Crippen LogP contribution in [0.3, 0.4) is 0 Å². The molecule has 88 valence electrons. The summed E-state index contributed by atoms with van der Waals surface area (Å²) in [7, 11) is 0. The molecule has 5 nitrogen and oxygen atoms in total. The second-order valence-electron chi connectivity index (χ2n) is 3.61. The molecule has 1 heterocycles. The van der Waals surface area contributed by atoms with Gasteiger partial charge in [-0.25, -0.2) is 4.98 Å². The molecule has 0 fully saturated rings. The number of aliphatic hydroxyl groups excluding tert-OH is 1. The molecule has 2 aromatic rings. The fraction of sp³-hybridized carbons (Fsp3) is 0.167. The van der Waals surface area contributed by atoms with E-state index in [0.29, 0.717) is 5.69 Å². The SMILES string of the molecule is O=C(Cn1cnc(CO)c1)Nc1ccccc1. The molecular weight excluding hydrogens is 218 g/mol. The van der Waals surface area contributed by atoms with E-state index in [-0.39, 0.29) is 19.1 Å². The summed E-state index contributed by atoms with van der Waals surface area (Å²) in [5.41, 5.74) is 1.32. The zero-order chi connectivity index (χ0) is 12.1. The number of hydrogen-bond acceptors (Lipinski definition) is 3. The van der Waals surface area contributed by atoms with Gasteiger partial charge in [0.15, 0.2) is 0 Å². The third-order valence-electron chi connectivity index (χ3n) is 2.23. The Morgan fingerprint density at radius 1 is 1.35 bits per heavy atom. The first-order valence-corrected chi connectivity index (χ1v) is 5.24. The van der Waals surface area contributed by atoms with E-state index < -0.39 is 0 Å². The predicted octanol–water partition coefficient (Wildman–Crippen LogP) is 1.01. The quantitative estimate of drug-likeness (QED) is 0.825. The number of anilines is 1. The normalized spacial score (nSPS) is 10.2. The van der Waals surface area contributed by atoms with Crippen molar-refractivity contribution >= 4 is 11.6 Å². The molecule has 0 aliphatic heterocycles. The smallest absolute Gasteiger partial charge is 0.244 e. The maximum absolute atomic E-state index is 11.7. The first-order chi connectivity index (χ1) is 8.28. The van der Waals surface area contributed by atoms with Crippen LogP contribution in [0, 0.1) is 0 Å². The minimum absolute atomic E-state index is 0.118. The van der Waals surface area contributed by atoms with E-state index in [1.165, 1.54) is 6.33 Å². The topological polar surface area (TPSA) is 67.2 Å². The Hall–Kier alpha value is -2.14. The summed E-state index contributed by atoms with van der Waals surface area (Å²) >= 11 is 0. The van der Waals surface area contributed by atoms with Crippen LogP contribution in [0.4, 0.5) is 5.69 Å². The largest absolute Gasteiger partial charge is 0.390 e. The standard InChI is InChI=1S/C12H13N3O2/c16-8-11-6-15(9-13-11)7-12(17)14-10-4-2-1-3-5-10/h1-6,9,16H,7-8H2,(H,14,17). The average Bonchev–Trinajstić information content (AvgIpc) is 2.78. The number of aliphatic hydroxyl groups is 1. The highest BCUT2D eigenvalue weighted by Gasteiger charge is 2.04. The lowest BCUT2D eigenvalue weighted by Gasteiger charge is -2.04. The van der Waals surface area contributed by atoms with E-state index >= 15 is 0 Å². The Balaban J connectivity index is 1.93. The van der Waals surface area contributed by atoms with Gasteiger partial charge in [-0.15, -0.1) is 0 Å². The maximum atomic E-state index is 11.7. The predicted molar refractivity (Wildman–Crippen MR) is 63.2 cm³/mol. The van der Waals surface area contributed by atoms with Crippen LogP contribution >= 0.6 is 0 Å². The van der Waals surface area contributed by atoms with Crippen LogP contribution in [-0.4, -0.2) is 20.6 Å². The van der Waals surface area contributed by atoms with Crippen molar-refractivity contribution in [3.63, 3.8) is 0 Å². The maximum Gasteiger partial charge on any atom is 0.244 e. The highest BCUT2D eigenvalue weighted by molar-refractivity contribution is 5.90. The van der Waals surface area contributed by atoms with Gasteiger partial charge in [0.1, 0.15) is 6.54 Å². The Labute approximate surface area is 98.7 Å². The number of aromatic nitrogens is 2. The number of nitrogens with zero attached hydrogens (tertiary/aromatic N) is 2. The molecule has 2 rings (SSSR count). The monoisotopic (exact) mass is 231 g/mol. The molecule has 0 aliphatic carbocycles. The van der Waals surface area contributed by atoms with Crippen LogP contribution in [0.5, 0.6) is 0 Å². The van der Waals surface area contributed by atoms with Crippen LogP contribution in [0.15, 0.2) is 42.9 Å². The third kappa shape index (κ3) is 3.15. The molecule has 1 aromatic carbocycles. The van der Waals surface area contributed by atoms with Gasteiger partial charge in [0, 0.05) is 11.9 Å². The van der Waals surface area contributed by atoms with Gasteiger partial charge >= 0.3 is 0 Å². The molecule has 0 aliphatic rings. The molecule has 0 spiro atoms. The van der Waals surface area contributed by atoms with Gasteiger partial charge in [-0.05, 0) is 12.1 Å². The average molecular weight is 231 g/mol. The number of hydrogen-bond donors (Lipinski definition) is 2. The minimum atomic E-state index is -0.127. The zero-order valence-corrected chi connectivity index (χ0v) is 9.21. The van der Waals surface area contributed by atoms with E-state index in [9.17, 15) is 4.79 Å².